The minimum absolute atomic E-state index is 0.00342. The molecule has 4 aromatic rings. The molecule has 1 heterocycles. The Hall–Kier alpha value is -3.50. The highest BCUT2D eigenvalue weighted by atomic mass is 35.5. The molecule has 192 valence electrons. The first kappa shape index (κ1) is 26.6. The van der Waals surface area contributed by atoms with Crippen molar-refractivity contribution in [1.82, 2.24) is 13.9 Å². The summed E-state index contributed by atoms with van der Waals surface area (Å²) in [5, 5.41) is 3.21. The molecule has 0 saturated heterocycles. The van der Waals surface area contributed by atoms with Crippen LogP contribution in [0, 0.1) is 6.92 Å². The maximum atomic E-state index is 13.3. The number of rotatable bonds is 10. The second-order valence-corrected chi connectivity index (χ2v) is 10.7. The third kappa shape index (κ3) is 6.44. The Morgan fingerprint density at radius 3 is 2.35 bits per heavy atom. The molecule has 10 heteroatoms. The Balaban J connectivity index is 1.63. The molecule has 0 saturated carbocycles. The van der Waals surface area contributed by atoms with Crippen molar-refractivity contribution in [2.24, 2.45) is 0 Å². The number of sulfonamides is 1. The molecular weight excluding hydrogens is 512 g/mol. The van der Waals surface area contributed by atoms with Gasteiger partial charge in [-0.05, 0) is 43.3 Å². The largest absolute Gasteiger partial charge is 0.383 e. The number of amides is 1. The van der Waals surface area contributed by atoms with E-state index in [0.29, 0.717) is 10.7 Å². The lowest BCUT2D eigenvalue weighted by atomic mass is 10.2. The van der Waals surface area contributed by atoms with E-state index in [2.05, 4.69) is 10.3 Å². The molecule has 37 heavy (non-hydrogen) atoms. The van der Waals surface area contributed by atoms with Gasteiger partial charge in [0, 0.05) is 36.1 Å². The molecule has 0 spiro atoms. The van der Waals surface area contributed by atoms with Crippen molar-refractivity contribution in [3.05, 3.63) is 95.6 Å². The summed E-state index contributed by atoms with van der Waals surface area (Å²) in [5.41, 5.74) is 3.46. The summed E-state index contributed by atoms with van der Waals surface area (Å²) in [4.78, 5) is 17.8. The van der Waals surface area contributed by atoms with Crippen LogP contribution in [0.4, 0.5) is 5.95 Å². The fourth-order valence-corrected chi connectivity index (χ4v) is 5.18. The van der Waals surface area contributed by atoms with E-state index in [-0.39, 0.29) is 24.0 Å². The third-order valence-corrected chi connectivity index (χ3v) is 7.77. The standard InChI is InChI=1S/C27H27ClN4O4S/c1-20-8-12-23(13-9-20)32-18-25(21-6-4-3-5-7-21)29-27(32)30-26(33)19-31(16-17-36-2)37(34,35)24-14-10-22(28)11-15-24/h3-15,18H,16-17,19H2,1-2H3,(H,29,30,33). The van der Waals surface area contributed by atoms with Crippen LogP contribution in [-0.2, 0) is 19.6 Å². The first-order valence-electron chi connectivity index (χ1n) is 11.5. The molecule has 3 aromatic carbocycles. The van der Waals surface area contributed by atoms with Crippen molar-refractivity contribution >= 4 is 33.5 Å². The molecular formula is C27H27ClN4O4S. The molecule has 1 amide bonds. The van der Waals surface area contributed by atoms with Gasteiger partial charge in [-0.3, -0.25) is 14.7 Å². The maximum Gasteiger partial charge on any atom is 0.243 e. The zero-order valence-corrected chi connectivity index (χ0v) is 22.0. The van der Waals surface area contributed by atoms with Crippen LogP contribution in [-0.4, -0.2) is 55.0 Å². The first-order valence-corrected chi connectivity index (χ1v) is 13.4. The van der Waals surface area contributed by atoms with Crippen molar-refractivity contribution in [3.63, 3.8) is 0 Å². The molecule has 0 bridgehead atoms. The molecule has 0 aliphatic carbocycles. The number of aromatic nitrogens is 2. The van der Waals surface area contributed by atoms with Crippen LogP contribution >= 0.6 is 11.6 Å². The van der Waals surface area contributed by atoms with E-state index in [1.54, 1.807) is 4.57 Å². The number of benzene rings is 3. The Morgan fingerprint density at radius 2 is 1.70 bits per heavy atom. The number of nitrogens with one attached hydrogen (secondary N) is 1. The summed E-state index contributed by atoms with van der Waals surface area (Å²) in [5.74, 6) is -0.254. The summed E-state index contributed by atoms with van der Waals surface area (Å²) in [7, 11) is -2.51. The van der Waals surface area contributed by atoms with Crippen LogP contribution < -0.4 is 5.32 Å². The van der Waals surface area contributed by atoms with Crippen LogP contribution in [0.15, 0.2) is 90.0 Å². The zero-order valence-electron chi connectivity index (χ0n) is 20.5. The van der Waals surface area contributed by atoms with E-state index < -0.39 is 22.5 Å². The molecule has 0 unspecified atom stereocenters. The predicted octanol–water partition coefficient (Wildman–Crippen LogP) is 4.78. The summed E-state index contributed by atoms with van der Waals surface area (Å²) < 4.78 is 34.5. The number of hydrogen-bond acceptors (Lipinski definition) is 5. The monoisotopic (exact) mass is 538 g/mol. The van der Waals surface area contributed by atoms with Gasteiger partial charge in [0.2, 0.25) is 21.9 Å². The van der Waals surface area contributed by atoms with E-state index in [4.69, 9.17) is 16.3 Å². The lowest BCUT2D eigenvalue weighted by Crippen LogP contribution is -2.40. The quantitative estimate of drug-likeness (QED) is 0.314. The van der Waals surface area contributed by atoms with Crippen molar-refractivity contribution < 1.29 is 17.9 Å². The zero-order chi connectivity index (χ0) is 26.4. The predicted molar refractivity (Wildman–Crippen MR) is 144 cm³/mol. The highest BCUT2D eigenvalue weighted by molar-refractivity contribution is 7.89. The lowest BCUT2D eigenvalue weighted by molar-refractivity contribution is -0.116. The molecule has 1 aromatic heterocycles. The summed E-state index contributed by atoms with van der Waals surface area (Å²) in [6, 6.07) is 23.2. The second-order valence-electron chi connectivity index (χ2n) is 8.35. The normalized spacial score (nSPS) is 11.6. The number of halogens is 1. The van der Waals surface area contributed by atoms with Gasteiger partial charge in [0.1, 0.15) is 0 Å². The number of imidazole rings is 1. The van der Waals surface area contributed by atoms with Crippen LogP contribution in [0.5, 0.6) is 0 Å². The van der Waals surface area contributed by atoms with Crippen molar-refractivity contribution in [1.29, 1.82) is 0 Å². The average molecular weight is 539 g/mol. The Labute approximate surface area is 221 Å². The fourth-order valence-electron chi connectivity index (χ4n) is 3.68. The van der Waals surface area contributed by atoms with Gasteiger partial charge < -0.3 is 4.74 Å². The summed E-state index contributed by atoms with van der Waals surface area (Å²) in [6.45, 7) is 1.69. The van der Waals surface area contributed by atoms with E-state index in [1.807, 2.05) is 67.7 Å². The SMILES string of the molecule is COCCN(CC(=O)Nc1nc(-c2ccccc2)cn1-c1ccc(C)cc1)S(=O)(=O)c1ccc(Cl)cc1. The topological polar surface area (TPSA) is 93.5 Å². The molecule has 0 aliphatic rings. The van der Waals surface area contributed by atoms with E-state index in [9.17, 15) is 13.2 Å². The molecule has 4 rings (SSSR count). The minimum Gasteiger partial charge on any atom is -0.383 e. The highest BCUT2D eigenvalue weighted by Gasteiger charge is 2.27. The molecule has 8 nitrogen and oxygen atoms in total. The Bertz CT molecular complexity index is 1450. The number of methoxy groups -OCH3 is 1. The van der Waals surface area contributed by atoms with Crippen molar-refractivity contribution in [3.8, 4) is 16.9 Å². The summed E-state index contributed by atoms with van der Waals surface area (Å²) >= 11 is 5.92. The van der Waals surface area contributed by atoms with Gasteiger partial charge in [-0.15, -0.1) is 0 Å². The number of ether oxygens (including phenoxy) is 1. The van der Waals surface area contributed by atoms with Gasteiger partial charge in [-0.2, -0.15) is 4.31 Å². The Morgan fingerprint density at radius 1 is 1.03 bits per heavy atom. The number of hydrogen-bond donors (Lipinski definition) is 1. The van der Waals surface area contributed by atoms with Crippen LogP contribution in [0.2, 0.25) is 5.02 Å². The third-order valence-electron chi connectivity index (χ3n) is 5.66. The van der Waals surface area contributed by atoms with Crippen LogP contribution in [0.1, 0.15) is 5.56 Å². The van der Waals surface area contributed by atoms with Gasteiger partial charge in [-0.1, -0.05) is 59.6 Å². The smallest absolute Gasteiger partial charge is 0.243 e. The van der Waals surface area contributed by atoms with Crippen molar-refractivity contribution in [2.45, 2.75) is 11.8 Å². The molecule has 1 N–H and O–H groups in total. The number of carbonyl (C=O) groups excluding carboxylic acids is 1. The number of nitrogens with zero attached hydrogens (tertiary/aromatic N) is 3. The minimum atomic E-state index is -3.98. The fraction of sp³-hybridized carbons (Fsp3) is 0.185. The van der Waals surface area contributed by atoms with Crippen LogP contribution in [0.25, 0.3) is 16.9 Å². The van der Waals surface area contributed by atoms with Gasteiger partial charge in [0.15, 0.2) is 0 Å². The first-order chi connectivity index (χ1) is 17.8. The van der Waals surface area contributed by atoms with E-state index in [0.717, 1.165) is 21.1 Å². The van der Waals surface area contributed by atoms with Gasteiger partial charge in [0.05, 0.1) is 23.7 Å². The van der Waals surface area contributed by atoms with Gasteiger partial charge >= 0.3 is 0 Å². The van der Waals surface area contributed by atoms with Gasteiger partial charge in [0.25, 0.3) is 0 Å². The molecule has 0 fully saturated rings. The van der Waals surface area contributed by atoms with Gasteiger partial charge in [-0.25, -0.2) is 13.4 Å². The van der Waals surface area contributed by atoms with Crippen molar-refractivity contribution in [2.75, 3.05) is 32.1 Å². The number of anilines is 1. The second kappa shape index (κ2) is 11.7. The van der Waals surface area contributed by atoms with E-state index >= 15 is 0 Å². The maximum absolute atomic E-state index is 13.3. The Kier molecular flexibility index (Phi) is 8.40. The summed E-state index contributed by atoms with van der Waals surface area (Å²) in [6.07, 6.45) is 1.84. The number of carbonyl (C=O) groups is 1. The lowest BCUT2D eigenvalue weighted by Gasteiger charge is -2.21. The van der Waals surface area contributed by atoms with Crippen LogP contribution in [0.3, 0.4) is 0 Å². The molecule has 0 atom stereocenters. The average Bonchev–Trinajstić information content (AvgIpc) is 3.31. The molecule has 0 aliphatic heterocycles. The number of aryl methyl sites for hydroxylation is 1. The van der Waals surface area contributed by atoms with E-state index in [1.165, 1.54) is 31.4 Å². The highest BCUT2D eigenvalue weighted by Crippen LogP contribution is 2.25. The molecule has 0 radical (unpaired) electrons.